The molecule has 1 aliphatic heterocycles. The zero-order valence-electron chi connectivity index (χ0n) is 12.3. The van der Waals surface area contributed by atoms with E-state index >= 15 is 0 Å². The molecule has 1 aliphatic rings. The first-order chi connectivity index (χ1) is 9.45. The van der Waals surface area contributed by atoms with Crippen LogP contribution in [0.3, 0.4) is 0 Å². The first-order valence-corrected chi connectivity index (χ1v) is 9.84. The molecule has 0 radical (unpaired) electrons. The average Bonchev–Trinajstić information content (AvgIpc) is 2.89. The van der Waals surface area contributed by atoms with Crippen LogP contribution in [0.25, 0.3) is 0 Å². The summed E-state index contributed by atoms with van der Waals surface area (Å²) in [6.07, 6.45) is 4.51. The molecular formula is C14H24N2O2S2. The van der Waals surface area contributed by atoms with Crippen LogP contribution in [0, 0.1) is 5.92 Å². The van der Waals surface area contributed by atoms with Gasteiger partial charge >= 0.3 is 0 Å². The SMILES string of the molecule is CN(CCc1cccs1)C[C@H]1CCCN(S(C)(=O)=O)C1. The molecule has 20 heavy (non-hydrogen) atoms. The predicted molar refractivity (Wildman–Crippen MR) is 84.7 cm³/mol. The third-order valence-electron chi connectivity index (χ3n) is 3.84. The molecule has 1 fully saturated rings. The van der Waals surface area contributed by atoms with Gasteiger partial charge in [-0.1, -0.05) is 6.07 Å². The third-order valence-corrected chi connectivity index (χ3v) is 6.05. The summed E-state index contributed by atoms with van der Waals surface area (Å²) in [6, 6.07) is 4.26. The Morgan fingerprint density at radius 2 is 2.30 bits per heavy atom. The second-order valence-electron chi connectivity index (χ2n) is 5.72. The molecule has 114 valence electrons. The van der Waals surface area contributed by atoms with Crippen molar-refractivity contribution in [3.63, 3.8) is 0 Å². The van der Waals surface area contributed by atoms with Gasteiger partial charge in [0.05, 0.1) is 6.26 Å². The van der Waals surface area contributed by atoms with Crippen LogP contribution >= 0.6 is 11.3 Å². The Balaban J connectivity index is 1.77. The molecule has 1 aromatic rings. The van der Waals surface area contributed by atoms with Gasteiger partial charge in [-0.05, 0) is 43.7 Å². The minimum Gasteiger partial charge on any atom is -0.306 e. The maximum absolute atomic E-state index is 11.6. The van der Waals surface area contributed by atoms with Gasteiger partial charge in [0.1, 0.15) is 0 Å². The first kappa shape index (κ1) is 15.9. The van der Waals surface area contributed by atoms with Crippen molar-refractivity contribution in [2.45, 2.75) is 19.3 Å². The average molecular weight is 316 g/mol. The van der Waals surface area contributed by atoms with Gasteiger partial charge in [0, 0.05) is 31.1 Å². The van der Waals surface area contributed by atoms with Gasteiger partial charge in [0.2, 0.25) is 10.0 Å². The molecule has 1 saturated heterocycles. The fourth-order valence-corrected chi connectivity index (χ4v) is 4.41. The van der Waals surface area contributed by atoms with Crippen molar-refractivity contribution < 1.29 is 8.42 Å². The summed E-state index contributed by atoms with van der Waals surface area (Å²) in [5.74, 6) is 0.465. The maximum atomic E-state index is 11.6. The van der Waals surface area contributed by atoms with Gasteiger partial charge in [-0.2, -0.15) is 0 Å². The Labute approximate surface area is 126 Å². The lowest BCUT2D eigenvalue weighted by Gasteiger charge is -2.33. The van der Waals surface area contributed by atoms with Crippen LogP contribution in [-0.2, 0) is 16.4 Å². The number of sulfonamides is 1. The lowest BCUT2D eigenvalue weighted by molar-refractivity contribution is 0.202. The van der Waals surface area contributed by atoms with E-state index < -0.39 is 10.0 Å². The van der Waals surface area contributed by atoms with Crippen LogP contribution in [0.2, 0.25) is 0 Å². The lowest BCUT2D eigenvalue weighted by atomic mass is 9.99. The molecule has 0 N–H and O–H groups in total. The van der Waals surface area contributed by atoms with Crippen molar-refractivity contribution in [3.8, 4) is 0 Å². The Kier molecular flexibility index (Phi) is 5.60. The summed E-state index contributed by atoms with van der Waals surface area (Å²) in [5, 5.41) is 2.11. The summed E-state index contributed by atoms with van der Waals surface area (Å²) in [6.45, 7) is 3.39. The number of hydrogen-bond acceptors (Lipinski definition) is 4. The van der Waals surface area contributed by atoms with Crippen LogP contribution in [0.5, 0.6) is 0 Å². The Bertz CT molecular complexity index is 499. The Morgan fingerprint density at radius 1 is 1.50 bits per heavy atom. The highest BCUT2D eigenvalue weighted by atomic mass is 32.2. The monoisotopic (exact) mass is 316 g/mol. The molecule has 4 nitrogen and oxygen atoms in total. The minimum absolute atomic E-state index is 0.465. The highest BCUT2D eigenvalue weighted by Gasteiger charge is 2.26. The number of hydrogen-bond donors (Lipinski definition) is 0. The third kappa shape index (κ3) is 4.84. The molecule has 0 aliphatic carbocycles. The van der Waals surface area contributed by atoms with E-state index in [2.05, 4.69) is 29.5 Å². The van der Waals surface area contributed by atoms with Gasteiger partial charge in [0.15, 0.2) is 0 Å². The summed E-state index contributed by atoms with van der Waals surface area (Å²) in [7, 11) is -0.894. The zero-order chi connectivity index (χ0) is 14.6. The van der Waals surface area contributed by atoms with E-state index in [0.717, 1.165) is 32.4 Å². The van der Waals surface area contributed by atoms with Crippen molar-refractivity contribution in [1.82, 2.24) is 9.21 Å². The van der Waals surface area contributed by atoms with Crippen LogP contribution in [0.15, 0.2) is 17.5 Å². The normalized spacial score (nSPS) is 21.4. The molecule has 0 spiro atoms. The van der Waals surface area contributed by atoms with E-state index in [9.17, 15) is 8.42 Å². The van der Waals surface area contributed by atoms with Gasteiger partial charge in [0.25, 0.3) is 0 Å². The fraction of sp³-hybridized carbons (Fsp3) is 0.714. The highest BCUT2D eigenvalue weighted by molar-refractivity contribution is 7.88. The predicted octanol–water partition coefficient (Wildman–Crippen LogP) is 1.89. The van der Waals surface area contributed by atoms with Gasteiger partial charge < -0.3 is 4.90 Å². The van der Waals surface area contributed by atoms with Gasteiger partial charge in [-0.25, -0.2) is 12.7 Å². The summed E-state index contributed by atoms with van der Waals surface area (Å²) >= 11 is 1.80. The van der Waals surface area contributed by atoms with Crippen LogP contribution < -0.4 is 0 Å². The molecule has 0 saturated carbocycles. The summed E-state index contributed by atoms with van der Waals surface area (Å²) in [4.78, 5) is 3.74. The summed E-state index contributed by atoms with van der Waals surface area (Å²) < 4.78 is 24.9. The standard InChI is InChI=1S/C14H24N2O2S2/c1-15(9-7-14-6-4-10-19-14)11-13-5-3-8-16(12-13)20(2,17)18/h4,6,10,13H,3,5,7-9,11-12H2,1-2H3/t13-/m1/s1. The van der Waals surface area contributed by atoms with E-state index in [4.69, 9.17) is 0 Å². The first-order valence-electron chi connectivity index (χ1n) is 7.11. The Morgan fingerprint density at radius 3 is 2.95 bits per heavy atom. The van der Waals surface area contributed by atoms with Gasteiger partial charge in [-0.3, -0.25) is 0 Å². The molecule has 2 heterocycles. The minimum atomic E-state index is -3.03. The molecule has 0 amide bonds. The summed E-state index contributed by atoms with van der Waals surface area (Å²) in [5.41, 5.74) is 0. The molecule has 6 heteroatoms. The van der Waals surface area contributed by atoms with Crippen LogP contribution in [-0.4, -0.2) is 57.1 Å². The molecule has 2 rings (SSSR count). The van der Waals surface area contributed by atoms with Crippen molar-refractivity contribution in [3.05, 3.63) is 22.4 Å². The topological polar surface area (TPSA) is 40.6 Å². The van der Waals surface area contributed by atoms with E-state index in [-0.39, 0.29) is 0 Å². The quantitative estimate of drug-likeness (QED) is 0.805. The second-order valence-corrected chi connectivity index (χ2v) is 8.74. The molecule has 0 unspecified atom stereocenters. The van der Waals surface area contributed by atoms with Crippen LogP contribution in [0.1, 0.15) is 17.7 Å². The highest BCUT2D eigenvalue weighted by Crippen LogP contribution is 2.19. The van der Waals surface area contributed by atoms with Crippen LogP contribution in [0.4, 0.5) is 0 Å². The second kappa shape index (κ2) is 7.02. The van der Waals surface area contributed by atoms with Gasteiger partial charge in [-0.15, -0.1) is 11.3 Å². The van der Waals surface area contributed by atoms with Crippen molar-refractivity contribution in [2.75, 3.05) is 39.5 Å². The molecule has 0 bridgehead atoms. The fourth-order valence-electron chi connectivity index (χ4n) is 2.77. The number of nitrogens with zero attached hydrogens (tertiary/aromatic N) is 2. The zero-order valence-corrected chi connectivity index (χ0v) is 13.9. The largest absolute Gasteiger partial charge is 0.306 e. The number of thiophene rings is 1. The van der Waals surface area contributed by atoms with E-state index in [0.29, 0.717) is 19.0 Å². The Hall–Kier alpha value is -0.430. The molecule has 0 aromatic carbocycles. The maximum Gasteiger partial charge on any atom is 0.211 e. The van der Waals surface area contributed by atoms with Crippen molar-refractivity contribution in [2.24, 2.45) is 5.92 Å². The molecule has 1 aromatic heterocycles. The van der Waals surface area contributed by atoms with Crippen molar-refractivity contribution >= 4 is 21.4 Å². The lowest BCUT2D eigenvalue weighted by Crippen LogP contribution is -2.42. The van der Waals surface area contributed by atoms with E-state index in [1.165, 1.54) is 11.1 Å². The van der Waals surface area contributed by atoms with E-state index in [1.54, 1.807) is 15.6 Å². The number of likely N-dealkylation sites (N-methyl/N-ethyl adjacent to an activating group) is 1. The molecular weight excluding hydrogens is 292 g/mol. The van der Waals surface area contributed by atoms with E-state index in [1.807, 2.05) is 0 Å². The molecule has 1 atom stereocenters. The smallest absolute Gasteiger partial charge is 0.211 e. The number of piperidine rings is 1. The van der Waals surface area contributed by atoms with Crippen molar-refractivity contribution in [1.29, 1.82) is 0 Å². The number of rotatable bonds is 6.